The molecule has 1 amide bonds. The Morgan fingerprint density at radius 1 is 1.62 bits per heavy atom. The van der Waals surface area contributed by atoms with Crippen molar-refractivity contribution in [3.05, 3.63) is 21.3 Å². The third kappa shape index (κ3) is 3.47. The highest BCUT2D eigenvalue weighted by Crippen LogP contribution is 2.23. The van der Waals surface area contributed by atoms with Crippen molar-refractivity contribution in [3.63, 3.8) is 0 Å². The van der Waals surface area contributed by atoms with Gasteiger partial charge in [-0.1, -0.05) is 18.5 Å². The van der Waals surface area contributed by atoms with Crippen molar-refractivity contribution in [2.24, 2.45) is 11.7 Å². The van der Waals surface area contributed by atoms with Crippen LogP contribution in [0.5, 0.6) is 0 Å². The average molecular weight is 261 g/mol. The van der Waals surface area contributed by atoms with E-state index in [1.54, 1.807) is 4.90 Å². The van der Waals surface area contributed by atoms with Crippen LogP contribution in [-0.2, 0) is 11.3 Å². The van der Waals surface area contributed by atoms with Gasteiger partial charge in [0, 0.05) is 23.9 Å². The zero-order valence-electron chi connectivity index (χ0n) is 9.57. The second-order valence-corrected chi connectivity index (χ2v) is 5.49. The molecule has 1 rings (SSSR count). The summed E-state index contributed by atoms with van der Waals surface area (Å²) in [5, 5.41) is 0. The van der Waals surface area contributed by atoms with Gasteiger partial charge in [0.1, 0.15) is 0 Å². The number of nitrogens with zero attached hydrogens (tertiary/aromatic N) is 1. The van der Waals surface area contributed by atoms with Crippen molar-refractivity contribution in [1.82, 2.24) is 4.90 Å². The third-order valence-corrected chi connectivity index (χ3v) is 3.66. The van der Waals surface area contributed by atoms with Crippen LogP contribution in [0.25, 0.3) is 0 Å². The number of carbonyl (C=O) groups is 1. The van der Waals surface area contributed by atoms with Crippen molar-refractivity contribution in [1.29, 1.82) is 0 Å². The molecule has 90 valence electrons. The molecule has 2 N–H and O–H groups in total. The minimum Gasteiger partial charge on any atom is -0.338 e. The standard InChI is InChI=1S/C11H17ClN2OS/c1-3-14(11(15)8(2)6-13)7-9-4-5-10(12)16-9/h4-5,8H,3,6-7,13H2,1-2H3. The molecule has 0 fully saturated rings. The quantitative estimate of drug-likeness (QED) is 0.883. The number of amides is 1. The van der Waals surface area contributed by atoms with Gasteiger partial charge in [0.25, 0.3) is 0 Å². The second-order valence-electron chi connectivity index (χ2n) is 3.69. The highest BCUT2D eigenvalue weighted by atomic mass is 35.5. The summed E-state index contributed by atoms with van der Waals surface area (Å²) in [6.45, 7) is 5.53. The lowest BCUT2D eigenvalue weighted by molar-refractivity contribution is -0.135. The molecule has 1 unspecified atom stereocenters. The Balaban J connectivity index is 2.65. The molecule has 0 aliphatic heterocycles. The summed E-state index contributed by atoms with van der Waals surface area (Å²) in [6, 6.07) is 3.81. The highest BCUT2D eigenvalue weighted by molar-refractivity contribution is 7.16. The molecule has 3 nitrogen and oxygen atoms in total. The van der Waals surface area contributed by atoms with Crippen LogP contribution in [0.2, 0.25) is 4.34 Å². The molecule has 0 saturated heterocycles. The van der Waals surface area contributed by atoms with Crippen LogP contribution in [0.15, 0.2) is 12.1 Å². The minimum absolute atomic E-state index is 0.106. The largest absolute Gasteiger partial charge is 0.338 e. The third-order valence-electron chi connectivity index (χ3n) is 2.44. The maximum atomic E-state index is 11.9. The Bertz CT molecular complexity index is 354. The van der Waals surface area contributed by atoms with Gasteiger partial charge >= 0.3 is 0 Å². The molecule has 0 bridgehead atoms. The molecule has 1 atom stereocenters. The maximum Gasteiger partial charge on any atom is 0.226 e. The fourth-order valence-electron chi connectivity index (χ4n) is 1.38. The van der Waals surface area contributed by atoms with Crippen molar-refractivity contribution in [2.75, 3.05) is 13.1 Å². The topological polar surface area (TPSA) is 46.3 Å². The van der Waals surface area contributed by atoms with Gasteiger partial charge in [0.05, 0.1) is 10.9 Å². The first-order chi connectivity index (χ1) is 7.58. The van der Waals surface area contributed by atoms with Gasteiger partial charge in [-0.15, -0.1) is 11.3 Å². The van der Waals surface area contributed by atoms with Gasteiger partial charge in [0.2, 0.25) is 5.91 Å². The number of rotatable bonds is 5. The van der Waals surface area contributed by atoms with Crippen LogP contribution in [0.3, 0.4) is 0 Å². The van der Waals surface area contributed by atoms with Crippen molar-refractivity contribution < 1.29 is 4.79 Å². The van der Waals surface area contributed by atoms with Crippen LogP contribution in [0.1, 0.15) is 18.7 Å². The Morgan fingerprint density at radius 2 is 2.31 bits per heavy atom. The summed E-state index contributed by atoms with van der Waals surface area (Å²) in [5.74, 6) is -0.00935. The molecule has 5 heteroatoms. The van der Waals surface area contributed by atoms with E-state index in [2.05, 4.69) is 0 Å². The van der Waals surface area contributed by atoms with Gasteiger partial charge in [-0.25, -0.2) is 0 Å². The summed E-state index contributed by atoms with van der Waals surface area (Å²) in [5.41, 5.74) is 5.50. The number of hydrogen-bond acceptors (Lipinski definition) is 3. The average Bonchev–Trinajstić information content (AvgIpc) is 2.69. The molecule has 0 aromatic carbocycles. The van der Waals surface area contributed by atoms with E-state index >= 15 is 0 Å². The summed E-state index contributed by atoms with van der Waals surface area (Å²) < 4.78 is 0.755. The molecule has 0 radical (unpaired) electrons. The molecule has 0 aliphatic rings. The second kappa shape index (κ2) is 6.23. The fourth-order valence-corrected chi connectivity index (χ4v) is 2.49. The lowest BCUT2D eigenvalue weighted by Gasteiger charge is -2.23. The van der Waals surface area contributed by atoms with Gasteiger partial charge in [0.15, 0.2) is 0 Å². The molecule has 1 heterocycles. The molecule has 0 aliphatic carbocycles. The van der Waals surface area contributed by atoms with Crippen LogP contribution >= 0.6 is 22.9 Å². The summed E-state index contributed by atoms with van der Waals surface area (Å²) in [7, 11) is 0. The number of thiophene rings is 1. The van der Waals surface area contributed by atoms with Crippen LogP contribution < -0.4 is 5.73 Å². The van der Waals surface area contributed by atoms with E-state index in [1.165, 1.54) is 11.3 Å². The van der Waals surface area contributed by atoms with E-state index in [1.807, 2.05) is 26.0 Å². The van der Waals surface area contributed by atoms with Crippen LogP contribution in [0, 0.1) is 5.92 Å². The van der Waals surface area contributed by atoms with E-state index < -0.39 is 0 Å². The molecular formula is C11H17ClN2OS. The maximum absolute atomic E-state index is 11.9. The smallest absolute Gasteiger partial charge is 0.226 e. The SMILES string of the molecule is CCN(Cc1ccc(Cl)s1)C(=O)C(C)CN. The fraction of sp³-hybridized carbons (Fsp3) is 0.545. The predicted molar refractivity (Wildman–Crippen MR) is 68.6 cm³/mol. The monoisotopic (exact) mass is 260 g/mol. The normalized spacial score (nSPS) is 12.5. The lowest BCUT2D eigenvalue weighted by atomic mass is 10.1. The summed E-state index contributed by atoms with van der Waals surface area (Å²) in [4.78, 5) is 14.8. The van der Waals surface area contributed by atoms with Crippen LogP contribution in [-0.4, -0.2) is 23.9 Å². The first-order valence-corrected chi connectivity index (χ1v) is 6.51. The summed E-state index contributed by atoms with van der Waals surface area (Å²) in [6.07, 6.45) is 0. The molecule has 16 heavy (non-hydrogen) atoms. The molecule has 1 aromatic heterocycles. The molecule has 0 spiro atoms. The van der Waals surface area contributed by atoms with Crippen molar-refractivity contribution >= 4 is 28.8 Å². The highest BCUT2D eigenvalue weighted by Gasteiger charge is 2.18. The number of halogens is 1. The Morgan fingerprint density at radius 3 is 2.75 bits per heavy atom. The zero-order valence-corrected chi connectivity index (χ0v) is 11.1. The van der Waals surface area contributed by atoms with Crippen LogP contribution in [0.4, 0.5) is 0 Å². The molecular weight excluding hydrogens is 244 g/mol. The Kier molecular flexibility index (Phi) is 5.25. The minimum atomic E-state index is -0.115. The van der Waals surface area contributed by atoms with E-state index in [9.17, 15) is 4.79 Å². The van der Waals surface area contributed by atoms with Crippen molar-refractivity contribution in [2.45, 2.75) is 20.4 Å². The van der Waals surface area contributed by atoms with E-state index in [0.29, 0.717) is 19.6 Å². The van der Waals surface area contributed by atoms with E-state index in [4.69, 9.17) is 17.3 Å². The van der Waals surface area contributed by atoms with Crippen molar-refractivity contribution in [3.8, 4) is 0 Å². The van der Waals surface area contributed by atoms with E-state index in [-0.39, 0.29) is 11.8 Å². The molecule has 1 aromatic rings. The first kappa shape index (κ1) is 13.5. The van der Waals surface area contributed by atoms with Gasteiger partial charge in [-0.05, 0) is 19.1 Å². The number of nitrogens with two attached hydrogens (primary N) is 1. The molecule has 0 saturated carbocycles. The number of carbonyl (C=O) groups excluding carboxylic acids is 1. The lowest BCUT2D eigenvalue weighted by Crippen LogP contribution is -2.37. The first-order valence-electron chi connectivity index (χ1n) is 5.31. The van der Waals surface area contributed by atoms with E-state index in [0.717, 1.165) is 9.21 Å². The number of hydrogen-bond donors (Lipinski definition) is 1. The summed E-state index contributed by atoms with van der Waals surface area (Å²) >= 11 is 7.36. The van der Waals surface area contributed by atoms with Gasteiger partial charge < -0.3 is 10.6 Å². The Labute approximate surface area is 105 Å². The van der Waals surface area contributed by atoms with Gasteiger partial charge in [-0.2, -0.15) is 0 Å². The zero-order chi connectivity index (χ0) is 12.1. The predicted octanol–water partition coefficient (Wildman–Crippen LogP) is 2.34. The Hall–Kier alpha value is -0.580. The van der Waals surface area contributed by atoms with Gasteiger partial charge in [-0.3, -0.25) is 4.79 Å².